The molecule has 2 aliphatic rings. The Bertz CT molecular complexity index is 878. The molecule has 178 valence electrons. The number of nitrogens with one attached hydrogen (secondary N) is 1. The lowest BCUT2D eigenvalue weighted by molar-refractivity contribution is -0.144. The third kappa shape index (κ3) is 8.02. The van der Waals surface area contributed by atoms with Gasteiger partial charge in [-0.2, -0.15) is 18.3 Å². The smallest absolute Gasteiger partial charge is 0.352 e. The maximum absolute atomic E-state index is 13.2. The van der Waals surface area contributed by atoms with Crippen LogP contribution in [0, 0.1) is 5.92 Å². The van der Waals surface area contributed by atoms with Gasteiger partial charge in [0.25, 0.3) is 0 Å². The summed E-state index contributed by atoms with van der Waals surface area (Å²) in [5.74, 6) is -3.08. The number of carbonyl (C=O) groups is 1. The topological polar surface area (TPSA) is 59.3 Å². The van der Waals surface area contributed by atoms with Crippen LogP contribution in [0.25, 0.3) is 5.65 Å². The van der Waals surface area contributed by atoms with Gasteiger partial charge in [-0.1, -0.05) is 25.7 Å². The molecule has 0 aromatic carbocycles. The number of alkyl halides is 5. The van der Waals surface area contributed by atoms with E-state index in [-0.39, 0.29) is 25.3 Å². The molecule has 2 fully saturated rings. The number of fused-ring (bicyclic) bond motifs is 1. The quantitative estimate of drug-likeness (QED) is 0.570. The molecular weight excluding hydrogens is 431 g/mol. The van der Waals surface area contributed by atoms with Crippen LogP contribution in [-0.4, -0.2) is 32.6 Å². The van der Waals surface area contributed by atoms with Crippen molar-refractivity contribution in [1.82, 2.24) is 19.9 Å². The zero-order valence-electron chi connectivity index (χ0n) is 17.9. The van der Waals surface area contributed by atoms with Crippen molar-refractivity contribution in [2.24, 2.45) is 5.92 Å². The second-order valence-corrected chi connectivity index (χ2v) is 8.71. The Kier molecular flexibility index (Phi) is 8.05. The maximum Gasteiger partial charge on any atom is 0.389 e. The monoisotopic (exact) mass is 460 g/mol. The molecule has 0 saturated heterocycles. The Morgan fingerprint density at radius 2 is 1.81 bits per heavy atom. The average molecular weight is 460 g/mol. The molecule has 0 unspecified atom stereocenters. The molecule has 2 heterocycles. The summed E-state index contributed by atoms with van der Waals surface area (Å²) in [6.07, 6.45) is 4.44. The van der Waals surface area contributed by atoms with Crippen molar-refractivity contribution in [3.05, 3.63) is 29.7 Å². The van der Waals surface area contributed by atoms with Gasteiger partial charge >= 0.3 is 6.18 Å². The number of nitrogens with zero attached hydrogens (tertiary/aromatic N) is 3. The predicted molar refractivity (Wildman–Crippen MR) is 109 cm³/mol. The lowest BCUT2D eigenvalue weighted by atomic mass is 9.84. The normalized spacial score (nSPS) is 18.5. The number of rotatable bonds is 6. The predicted octanol–water partition coefficient (Wildman–Crippen LogP) is 5.62. The van der Waals surface area contributed by atoms with Gasteiger partial charge in [-0.3, -0.25) is 4.79 Å². The van der Waals surface area contributed by atoms with Crippen LogP contribution in [0.3, 0.4) is 0 Å². The van der Waals surface area contributed by atoms with Gasteiger partial charge in [-0.15, -0.1) is 0 Å². The minimum absolute atomic E-state index is 0.0556. The van der Waals surface area contributed by atoms with E-state index in [9.17, 15) is 26.7 Å². The van der Waals surface area contributed by atoms with Crippen molar-refractivity contribution in [2.45, 2.75) is 89.3 Å². The minimum atomic E-state index is -4.36. The summed E-state index contributed by atoms with van der Waals surface area (Å²) in [7, 11) is 0. The molecule has 0 radical (unpaired) electrons. The van der Waals surface area contributed by atoms with Crippen molar-refractivity contribution in [2.75, 3.05) is 0 Å². The van der Waals surface area contributed by atoms with Crippen LogP contribution >= 0.6 is 0 Å². The fourth-order valence-corrected chi connectivity index (χ4v) is 3.55. The van der Waals surface area contributed by atoms with Crippen LogP contribution in [0.4, 0.5) is 22.0 Å². The molecular formula is C22H29F5N4O. The van der Waals surface area contributed by atoms with E-state index in [2.05, 4.69) is 15.4 Å². The maximum atomic E-state index is 13.2. The van der Waals surface area contributed by atoms with E-state index in [1.807, 2.05) is 0 Å². The molecule has 0 aliphatic heterocycles. The summed E-state index contributed by atoms with van der Waals surface area (Å²) in [5, 5.41) is 6.61. The van der Waals surface area contributed by atoms with Crippen molar-refractivity contribution >= 4 is 11.6 Å². The lowest BCUT2D eigenvalue weighted by Gasteiger charge is -2.27. The first-order valence-corrected chi connectivity index (χ1v) is 11.1. The summed E-state index contributed by atoms with van der Waals surface area (Å²) in [5.41, 5.74) is 1.91. The molecule has 32 heavy (non-hydrogen) atoms. The van der Waals surface area contributed by atoms with Gasteiger partial charge in [-0.25, -0.2) is 18.3 Å². The van der Waals surface area contributed by atoms with E-state index in [1.54, 1.807) is 16.8 Å². The van der Waals surface area contributed by atoms with E-state index < -0.39 is 30.8 Å². The van der Waals surface area contributed by atoms with E-state index in [0.29, 0.717) is 30.5 Å². The second kappa shape index (κ2) is 10.6. The second-order valence-electron chi connectivity index (χ2n) is 8.71. The zero-order valence-corrected chi connectivity index (χ0v) is 17.9. The first kappa shape index (κ1) is 24.4. The number of amides is 1. The Hall–Kier alpha value is -2.26. The van der Waals surface area contributed by atoms with Crippen molar-refractivity contribution < 1.29 is 26.7 Å². The van der Waals surface area contributed by atoms with Crippen LogP contribution in [-0.2, 0) is 17.8 Å². The SMILES string of the molecule is C1CCC1.O=C(CCC(F)(F)F)NCc1cnn2cc(CC3CCC(F)(F)CC3)nc2c1. The molecule has 1 N–H and O–H groups in total. The molecule has 0 atom stereocenters. The molecule has 1 amide bonds. The third-order valence-electron chi connectivity index (χ3n) is 5.89. The van der Waals surface area contributed by atoms with Crippen molar-refractivity contribution in [3.63, 3.8) is 0 Å². The summed E-state index contributed by atoms with van der Waals surface area (Å²) in [6.45, 7) is 0.0556. The van der Waals surface area contributed by atoms with E-state index in [1.165, 1.54) is 31.9 Å². The molecule has 2 aromatic rings. The van der Waals surface area contributed by atoms with Gasteiger partial charge in [-0.05, 0) is 36.8 Å². The van der Waals surface area contributed by atoms with Gasteiger partial charge < -0.3 is 5.32 Å². The van der Waals surface area contributed by atoms with Crippen LogP contribution < -0.4 is 5.32 Å². The van der Waals surface area contributed by atoms with Gasteiger partial charge in [0, 0.05) is 25.8 Å². The number of hydrogen-bond donors (Lipinski definition) is 1. The highest BCUT2D eigenvalue weighted by atomic mass is 19.4. The Morgan fingerprint density at radius 1 is 1.16 bits per heavy atom. The van der Waals surface area contributed by atoms with E-state index in [4.69, 9.17) is 0 Å². The highest BCUT2D eigenvalue weighted by molar-refractivity contribution is 5.75. The molecule has 10 heteroatoms. The first-order chi connectivity index (χ1) is 15.1. The Balaban J connectivity index is 0.000000650. The molecule has 5 nitrogen and oxygen atoms in total. The van der Waals surface area contributed by atoms with Crippen LogP contribution in [0.1, 0.15) is 75.5 Å². The standard InChI is InChI=1S/C18H21F5N4O.C4H8/c19-17(20)4-1-12(2-5-17)7-14-11-27-15(26-14)8-13(10-25-27)9-24-16(28)3-6-18(21,22)23;1-2-4-3-1/h8,10-12H,1-7,9H2,(H,24,28);1-4H2. The molecule has 0 bridgehead atoms. The van der Waals surface area contributed by atoms with Crippen molar-refractivity contribution in [3.8, 4) is 0 Å². The van der Waals surface area contributed by atoms with Crippen LogP contribution in [0.2, 0.25) is 0 Å². The largest absolute Gasteiger partial charge is 0.389 e. The van der Waals surface area contributed by atoms with Gasteiger partial charge in [0.2, 0.25) is 11.8 Å². The number of aromatic nitrogens is 3. The fourth-order valence-electron chi connectivity index (χ4n) is 3.55. The summed E-state index contributed by atoms with van der Waals surface area (Å²) in [6, 6.07) is 1.69. The number of carbonyl (C=O) groups excluding carboxylic acids is 1. The molecule has 4 rings (SSSR count). The third-order valence-corrected chi connectivity index (χ3v) is 5.89. The Morgan fingerprint density at radius 3 is 2.41 bits per heavy atom. The fraction of sp³-hybridized carbons (Fsp3) is 0.682. The zero-order chi connectivity index (χ0) is 23.2. The molecule has 2 aromatic heterocycles. The van der Waals surface area contributed by atoms with Gasteiger partial charge in [0.15, 0.2) is 5.65 Å². The van der Waals surface area contributed by atoms with E-state index in [0.717, 1.165) is 5.69 Å². The van der Waals surface area contributed by atoms with Gasteiger partial charge in [0.1, 0.15) is 0 Å². The summed E-state index contributed by atoms with van der Waals surface area (Å²) in [4.78, 5) is 15.9. The first-order valence-electron chi connectivity index (χ1n) is 11.1. The van der Waals surface area contributed by atoms with Crippen LogP contribution in [0.5, 0.6) is 0 Å². The van der Waals surface area contributed by atoms with Crippen LogP contribution in [0.15, 0.2) is 18.5 Å². The number of imidazole rings is 1. The lowest BCUT2D eigenvalue weighted by Crippen LogP contribution is -2.25. The van der Waals surface area contributed by atoms with Crippen molar-refractivity contribution in [1.29, 1.82) is 0 Å². The highest BCUT2D eigenvalue weighted by Crippen LogP contribution is 2.37. The minimum Gasteiger partial charge on any atom is -0.352 e. The summed E-state index contributed by atoms with van der Waals surface area (Å²) < 4.78 is 64.4. The Labute approximate surface area is 183 Å². The number of hydrogen-bond acceptors (Lipinski definition) is 3. The molecule has 2 aliphatic carbocycles. The van der Waals surface area contributed by atoms with Gasteiger partial charge in [0.05, 0.1) is 24.5 Å². The molecule has 0 spiro atoms. The molecule has 2 saturated carbocycles. The summed E-state index contributed by atoms with van der Waals surface area (Å²) >= 11 is 0. The number of halogens is 5. The average Bonchev–Trinajstić information content (AvgIpc) is 3.06. The highest BCUT2D eigenvalue weighted by Gasteiger charge is 2.35. The van der Waals surface area contributed by atoms with E-state index >= 15 is 0 Å².